The lowest BCUT2D eigenvalue weighted by molar-refractivity contribution is 0.0954. The Balaban J connectivity index is 1.42. The van der Waals surface area contributed by atoms with E-state index < -0.39 is 0 Å². The number of carbonyl (C=O) groups excluding carboxylic acids is 1. The number of carbonyl (C=O) groups is 1. The van der Waals surface area contributed by atoms with E-state index in [0.717, 1.165) is 16.7 Å². The molecule has 0 aliphatic carbocycles. The molecule has 0 saturated heterocycles. The van der Waals surface area contributed by atoms with Crippen molar-refractivity contribution in [3.63, 3.8) is 0 Å². The van der Waals surface area contributed by atoms with Crippen LogP contribution < -0.4 is 5.32 Å². The van der Waals surface area contributed by atoms with Crippen molar-refractivity contribution < 1.29 is 9.18 Å². The Morgan fingerprint density at radius 1 is 1.25 bits per heavy atom. The molecular weight excluding hydrogens is 447 g/mol. The van der Waals surface area contributed by atoms with Gasteiger partial charge in [-0.3, -0.25) is 9.48 Å². The number of amides is 1. The van der Waals surface area contributed by atoms with E-state index in [4.69, 9.17) is 18.2 Å². The van der Waals surface area contributed by atoms with E-state index in [1.54, 1.807) is 35.1 Å². The summed E-state index contributed by atoms with van der Waals surface area (Å²) in [5.74, 6) is -0.575. The fourth-order valence-corrected chi connectivity index (χ4v) is 4.31. The van der Waals surface area contributed by atoms with Crippen LogP contribution in [0, 0.1) is 19.3 Å². The Morgan fingerprint density at radius 3 is 2.78 bits per heavy atom. The third-order valence-electron chi connectivity index (χ3n) is 4.97. The minimum Gasteiger partial charge on any atom is -0.347 e. The van der Waals surface area contributed by atoms with E-state index in [1.807, 2.05) is 30.5 Å². The van der Waals surface area contributed by atoms with Crippen molar-refractivity contribution in [3.05, 3.63) is 104 Å². The van der Waals surface area contributed by atoms with Crippen molar-refractivity contribution in [1.29, 1.82) is 0 Å². The zero-order valence-corrected chi connectivity index (χ0v) is 18.7. The number of halogens is 2. The first-order valence-electron chi connectivity index (χ1n) is 9.75. The first-order chi connectivity index (χ1) is 15.4. The average molecular weight is 465 g/mol. The molecule has 0 radical (unpaired) electrons. The van der Waals surface area contributed by atoms with Gasteiger partial charge in [0.05, 0.1) is 23.7 Å². The van der Waals surface area contributed by atoms with Gasteiger partial charge in [-0.1, -0.05) is 35.9 Å². The van der Waals surface area contributed by atoms with Crippen molar-refractivity contribution in [3.8, 4) is 11.3 Å². The summed E-state index contributed by atoms with van der Waals surface area (Å²) in [4.78, 5) is 16.2. The SMILES string of the molecule is [C-]#[N+]c1ccc(-c2ccn(Cc3ccc(CNC(=O)c4sccc4C)c(F)c3)n2)cc1Cl. The van der Waals surface area contributed by atoms with Crippen LogP contribution in [0.15, 0.2) is 60.1 Å². The highest BCUT2D eigenvalue weighted by Crippen LogP contribution is 2.30. The summed E-state index contributed by atoms with van der Waals surface area (Å²) in [6.45, 7) is 9.47. The van der Waals surface area contributed by atoms with E-state index >= 15 is 0 Å². The van der Waals surface area contributed by atoms with Gasteiger partial charge in [0.1, 0.15) is 5.82 Å². The highest BCUT2D eigenvalue weighted by atomic mass is 35.5. The number of hydrogen-bond donors (Lipinski definition) is 1. The van der Waals surface area contributed by atoms with Crippen LogP contribution in [-0.4, -0.2) is 15.7 Å². The zero-order chi connectivity index (χ0) is 22.7. The normalized spacial score (nSPS) is 10.7. The summed E-state index contributed by atoms with van der Waals surface area (Å²) in [5, 5.41) is 9.53. The quantitative estimate of drug-likeness (QED) is 0.343. The molecule has 4 aromatic rings. The average Bonchev–Trinajstić information content (AvgIpc) is 3.42. The largest absolute Gasteiger partial charge is 0.347 e. The molecule has 0 atom stereocenters. The third kappa shape index (κ3) is 4.72. The van der Waals surface area contributed by atoms with E-state index in [-0.39, 0.29) is 18.3 Å². The lowest BCUT2D eigenvalue weighted by Crippen LogP contribution is -2.23. The van der Waals surface area contributed by atoms with Gasteiger partial charge in [0.2, 0.25) is 5.69 Å². The number of thiophene rings is 1. The maximum atomic E-state index is 14.6. The highest BCUT2D eigenvalue weighted by molar-refractivity contribution is 7.12. The second-order valence-corrected chi connectivity index (χ2v) is 8.54. The van der Waals surface area contributed by atoms with Crippen LogP contribution >= 0.6 is 22.9 Å². The fourth-order valence-electron chi connectivity index (χ4n) is 3.24. The first kappa shape index (κ1) is 21.8. The summed E-state index contributed by atoms with van der Waals surface area (Å²) in [6, 6.07) is 13.9. The lowest BCUT2D eigenvalue weighted by atomic mass is 10.1. The second kappa shape index (κ2) is 9.35. The Labute approximate surface area is 193 Å². The third-order valence-corrected chi connectivity index (χ3v) is 6.29. The van der Waals surface area contributed by atoms with Crippen molar-refractivity contribution >= 4 is 34.5 Å². The smallest absolute Gasteiger partial charge is 0.261 e. The molecule has 0 fully saturated rings. The Hall–Kier alpha value is -3.47. The molecule has 5 nitrogen and oxygen atoms in total. The summed E-state index contributed by atoms with van der Waals surface area (Å²) < 4.78 is 16.3. The Morgan fingerprint density at radius 2 is 2.09 bits per heavy atom. The standard InChI is InChI=1S/C24H18ClFN4OS/c1-15-8-10-32-23(15)24(31)28-13-18-4-3-16(11-20(18)26)14-30-9-7-21(29-30)17-5-6-22(27-2)19(25)12-17/h3-12H,13-14H2,1H3,(H,28,31). The van der Waals surface area contributed by atoms with Gasteiger partial charge < -0.3 is 5.32 Å². The fraction of sp³-hybridized carbons (Fsp3) is 0.125. The topological polar surface area (TPSA) is 51.3 Å². The molecule has 2 aromatic heterocycles. The summed E-state index contributed by atoms with van der Waals surface area (Å²) in [5.41, 5.74) is 4.00. The number of aromatic nitrogens is 2. The Bertz CT molecular complexity index is 1340. The van der Waals surface area contributed by atoms with Gasteiger partial charge in [0.15, 0.2) is 0 Å². The molecule has 160 valence electrons. The number of rotatable bonds is 6. The molecule has 2 heterocycles. The molecule has 0 saturated carbocycles. The highest BCUT2D eigenvalue weighted by Gasteiger charge is 2.12. The molecule has 0 aliphatic heterocycles. The summed E-state index contributed by atoms with van der Waals surface area (Å²) in [7, 11) is 0. The predicted molar refractivity (Wildman–Crippen MR) is 125 cm³/mol. The minimum atomic E-state index is -0.375. The number of aryl methyl sites for hydroxylation is 1. The van der Waals surface area contributed by atoms with Crippen LogP contribution in [0.3, 0.4) is 0 Å². The molecule has 8 heteroatoms. The van der Waals surface area contributed by atoms with Gasteiger partial charge in [0.25, 0.3) is 5.91 Å². The van der Waals surface area contributed by atoms with Crippen LogP contribution in [0.5, 0.6) is 0 Å². The zero-order valence-electron chi connectivity index (χ0n) is 17.1. The minimum absolute atomic E-state index is 0.121. The molecule has 32 heavy (non-hydrogen) atoms. The van der Waals surface area contributed by atoms with E-state index in [0.29, 0.717) is 33.4 Å². The van der Waals surface area contributed by atoms with Gasteiger partial charge in [-0.25, -0.2) is 9.24 Å². The molecule has 4 rings (SSSR count). The lowest BCUT2D eigenvalue weighted by Gasteiger charge is -2.08. The van der Waals surface area contributed by atoms with Gasteiger partial charge >= 0.3 is 0 Å². The molecule has 0 bridgehead atoms. The van der Waals surface area contributed by atoms with Gasteiger partial charge in [0, 0.05) is 28.9 Å². The molecular formula is C24H18ClFN4OS. The van der Waals surface area contributed by atoms with Crippen LogP contribution in [0.25, 0.3) is 16.1 Å². The van der Waals surface area contributed by atoms with Gasteiger partial charge in [-0.15, -0.1) is 11.3 Å². The summed E-state index contributed by atoms with van der Waals surface area (Å²) in [6.07, 6.45) is 1.81. The number of benzene rings is 2. The predicted octanol–water partition coefficient (Wildman–Crippen LogP) is 6.24. The molecule has 1 N–H and O–H groups in total. The van der Waals surface area contributed by atoms with Crippen LogP contribution in [0.1, 0.15) is 26.4 Å². The second-order valence-electron chi connectivity index (χ2n) is 7.22. The number of nitrogens with one attached hydrogen (secondary N) is 1. The van der Waals surface area contributed by atoms with E-state index in [9.17, 15) is 9.18 Å². The van der Waals surface area contributed by atoms with Gasteiger partial charge in [-0.05, 0) is 47.7 Å². The van der Waals surface area contributed by atoms with Crippen molar-refractivity contribution in [2.45, 2.75) is 20.0 Å². The number of nitrogens with zero attached hydrogens (tertiary/aromatic N) is 3. The first-order valence-corrected chi connectivity index (χ1v) is 11.0. The van der Waals surface area contributed by atoms with Crippen molar-refractivity contribution in [1.82, 2.24) is 15.1 Å². The Kier molecular flexibility index (Phi) is 6.35. The maximum Gasteiger partial charge on any atom is 0.261 e. The summed E-state index contributed by atoms with van der Waals surface area (Å²) >= 11 is 7.48. The molecule has 2 aromatic carbocycles. The van der Waals surface area contributed by atoms with E-state index in [2.05, 4.69) is 15.3 Å². The molecule has 0 spiro atoms. The molecule has 1 amide bonds. The van der Waals surface area contributed by atoms with Crippen LogP contribution in [-0.2, 0) is 13.1 Å². The molecule has 0 unspecified atom stereocenters. The van der Waals surface area contributed by atoms with Crippen molar-refractivity contribution in [2.24, 2.45) is 0 Å². The molecule has 0 aliphatic rings. The van der Waals surface area contributed by atoms with Crippen LogP contribution in [0.2, 0.25) is 5.02 Å². The van der Waals surface area contributed by atoms with E-state index in [1.165, 1.54) is 17.4 Å². The number of hydrogen-bond acceptors (Lipinski definition) is 3. The maximum absolute atomic E-state index is 14.6. The monoisotopic (exact) mass is 464 g/mol. The van der Waals surface area contributed by atoms with Gasteiger partial charge in [-0.2, -0.15) is 5.10 Å². The van der Waals surface area contributed by atoms with Crippen LogP contribution in [0.4, 0.5) is 10.1 Å². The van der Waals surface area contributed by atoms with Crippen molar-refractivity contribution in [2.75, 3.05) is 0 Å².